The van der Waals surface area contributed by atoms with Crippen molar-refractivity contribution in [3.63, 3.8) is 0 Å². The van der Waals surface area contributed by atoms with Crippen molar-refractivity contribution in [3.05, 3.63) is 77.9 Å². The highest BCUT2D eigenvalue weighted by Gasteiger charge is 2.60. The van der Waals surface area contributed by atoms with Gasteiger partial charge in [0, 0.05) is 53.4 Å². The molecule has 1 saturated heterocycles. The number of fused-ring (bicyclic) bond motifs is 1. The van der Waals surface area contributed by atoms with Crippen LogP contribution >= 0.6 is 0 Å². The van der Waals surface area contributed by atoms with Gasteiger partial charge in [-0.25, -0.2) is 4.98 Å². The molecule has 2 N–H and O–H groups in total. The summed E-state index contributed by atoms with van der Waals surface area (Å²) in [6.07, 6.45) is 6.25. The Hall–Kier alpha value is -3.45. The van der Waals surface area contributed by atoms with Gasteiger partial charge in [-0.05, 0) is 61.2 Å². The van der Waals surface area contributed by atoms with Crippen LogP contribution in [-0.2, 0) is 0 Å². The van der Waals surface area contributed by atoms with Crippen molar-refractivity contribution in [2.45, 2.75) is 13.3 Å². The molecule has 1 aliphatic heterocycles. The summed E-state index contributed by atoms with van der Waals surface area (Å²) in [6, 6.07) is 12.6. The molecular weight excluding hydrogens is 392 g/mol. The molecule has 158 valence electrons. The molecule has 5 rings (SSSR count). The summed E-state index contributed by atoms with van der Waals surface area (Å²) >= 11 is 0. The Morgan fingerprint density at radius 1 is 1.19 bits per heavy atom. The van der Waals surface area contributed by atoms with Gasteiger partial charge in [-0.1, -0.05) is 6.07 Å². The van der Waals surface area contributed by atoms with Gasteiger partial charge in [0.05, 0.1) is 12.9 Å². The third-order valence-corrected chi connectivity index (χ3v) is 6.57. The van der Waals surface area contributed by atoms with Crippen LogP contribution in [0, 0.1) is 18.3 Å². The lowest BCUT2D eigenvalue weighted by atomic mass is 10.1. The first kappa shape index (κ1) is 19.5. The number of hydrogen-bond acceptors (Lipinski definition) is 4. The topological polar surface area (TPSA) is 87.5 Å². The molecule has 2 aromatic carbocycles. The van der Waals surface area contributed by atoms with Crippen LogP contribution in [0.4, 0.5) is 5.69 Å². The van der Waals surface area contributed by atoms with Gasteiger partial charge in [-0.3, -0.25) is 9.59 Å². The minimum Gasteiger partial charge on any atom is -0.396 e. The number of benzene rings is 2. The van der Waals surface area contributed by atoms with Crippen LogP contribution in [0.5, 0.6) is 0 Å². The van der Waals surface area contributed by atoms with E-state index in [4.69, 9.17) is 0 Å². The van der Waals surface area contributed by atoms with E-state index in [2.05, 4.69) is 10.3 Å². The molecule has 0 radical (unpaired) electrons. The van der Waals surface area contributed by atoms with Crippen molar-refractivity contribution in [1.29, 1.82) is 0 Å². The fraction of sp³-hybridized carbons (Fsp3) is 0.292. The third kappa shape index (κ3) is 3.51. The number of imidazole rings is 1. The largest absolute Gasteiger partial charge is 0.396 e. The normalized spacial score (nSPS) is 21.6. The van der Waals surface area contributed by atoms with E-state index in [1.54, 1.807) is 36.8 Å². The highest BCUT2D eigenvalue weighted by atomic mass is 16.3. The molecule has 0 unspecified atom stereocenters. The van der Waals surface area contributed by atoms with Crippen molar-refractivity contribution in [2.24, 2.45) is 11.3 Å². The van der Waals surface area contributed by atoms with Gasteiger partial charge in [-0.15, -0.1) is 0 Å². The van der Waals surface area contributed by atoms with Crippen LogP contribution < -0.4 is 5.32 Å². The molecule has 0 bridgehead atoms. The molecule has 2 aliphatic rings. The summed E-state index contributed by atoms with van der Waals surface area (Å²) in [6.45, 7) is 3.33. The first-order valence-electron chi connectivity index (χ1n) is 10.4. The Morgan fingerprint density at radius 2 is 1.97 bits per heavy atom. The van der Waals surface area contributed by atoms with E-state index in [0.717, 1.165) is 17.7 Å². The van der Waals surface area contributed by atoms with E-state index < -0.39 is 0 Å². The number of carbonyl (C=O) groups is 2. The molecule has 1 aliphatic carbocycles. The molecule has 3 aromatic rings. The Bertz CT molecular complexity index is 1140. The fourth-order valence-corrected chi connectivity index (χ4v) is 4.46. The third-order valence-electron chi connectivity index (χ3n) is 6.57. The number of nitrogens with one attached hydrogen (secondary N) is 1. The van der Waals surface area contributed by atoms with Gasteiger partial charge >= 0.3 is 0 Å². The average molecular weight is 416 g/mol. The minimum absolute atomic E-state index is 0.0554. The summed E-state index contributed by atoms with van der Waals surface area (Å²) in [7, 11) is 0. The summed E-state index contributed by atoms with van der Waals surface area (Å²) in [5, 5.41) is 12.5. The first-order chi connectivity index (χ1) is 15.0. The van der Waals surface area contributed by atoms with E-state index >= 15 is 0 Å². The smallest absolute Gasteiger partial charge is 0.255 e. The lowest BCUT2D eigenvalue weighted by molar-refractivity contribution is 0.0751. The maximum absolute atomic E-state index is 13.0. The molecule has 2 atom stereocenters. The number of amides is 2. The standard InChI is InChI=1S/C24H24N4O3/c1-16-2-3-18(23(31)28-12-19-11-24(19,13-28)14-29)10-21(16)26-22(30)17-4-6-20(7-5-17)27-9-8-25-15-27/h2-10,15,19,29H,11-14H2,1H3,(H,26,30)/t19-,24+/m1/s1. The van der Waals surface area contributed by atoms with Gasteiger partial charge in [-0.2, -0.15) is 0 Å². The van der Waals surface area contributed by atoms with Gasteiger partial charge in [0.15, 0.2) is 0 Å². The number of aryl methyl sites for hydroxylation is 1. The van der Waals surface area contributed by atoms with Crippen molar-refractivity contribution in [2.75, 3.05) is 25.0 Å². The zero-order valence-electron chi connectivity index (χ0n) is 17.3. The number of likely N-dealkylation sites (tertiary alicyclic amines) is 1. The SMILES string of the molecule is Cc1ccc(C(=O)N2C[C@H]3C[C@@]3(CO)C2)cc1NC(=O)c1ccc(-n2ccnc2)cc1. The highest BCUT2D eigenvalue weighted by molar-refractivity contribution is 6.05. The highest BCUT2D eigenvalue weighted by Crippen LogP contribution is 2.57. The van der Waals surface area contributed by atoms with Crippen molar-refractivity contribution in [3.8, 4) is 5.69 Å². The van der Waals surface area contributed by atoms with E-state index in [9.17, 15) is 14.7 Å². The lowest BCUT2D eigenvalue weighted by Gasteiger charge is -2.21. The number of anilines is 1. The van der Waals surface area contributed by atoms with E-state index in [0.29, 0.717) is 35.8 Å². The molecule has 31 heavy (non-hydrogen) atoms. The van der Waals surface area contributed by atoms with Crippen LogP contribution in [-0.4, -0.2) is 51.1 Å². The average Bonchev–Trinajstić information content (AvgIpc) is 3.14. The van der Waals surface area contributed by atoms with Crippen LogP contribution in [0.15, 0.2) is 61.2 Å². The number of piperidine rings is 1. The van der Waals surface area contributed by atoms with Crippen LogP contribution in [0.2, 0.25) is 0 Å². The molecule has 7 nitrogen and oxygen atoms in total. The van der Waals surface area contributed by atoms with Crippen molar-refractivity contribution >= 4 is 17.5 Å². The Balaban J connectivity index is 1.30. The van der Waals surface area contributed by atoms with Crippen LogP contribution in [0.3, 0.4) is 0 Å². The molecule has 2 heterocycles. The van der Waals surface area contributed by atoms with E-state index in [1.807, 2.05) is 40.8 Å². The second-order valence-corrected chi connectivity index (χ2v) is 8.61. The van der Waals surface area contributed by atoms with Gasteiger partial charge in [0.2, 0.25) is 0 Å². The number of hydrogen-bond donors (Lipinski definition) is 2. The van der Waals surface area contributed by atoms with Crippen molar-refractivity contribution < 1.29 is 14.7 Å². The molecule has 2 amide bonds. The maximum atomic E-state index is 13.0. The second kappa shape index (κ2) is 7.35. The molecule has 0 spiro atoms. The molecule has 2 fully saturated rings. The molecule has 1 saturated carbocycles. The molecule has 1 aromatic heterocycles. The molecular formula is C24H24N4O3. The van der Waals surface area contributed by atoms with Crippen molar-refractivity contribution in [1.82, 2.24) is 14.5 Å². The quantitative estimate of drug-likeness (QED) is 0.670. The predicted octanol–water partition coefficient (Wildman–Crippen LogP) is 2.89. The molecule has 7 heteroatoms. The Kier molecular flexibility index (Phi) is 4.63. The Labute approximate surface area is 180 Å². The number of carbonyl (C=O) groups excluding carboxylic acids is 2. The van der Waals surface area contributed by atoms with E-state index in [-0.39, 0.29) is 23.8 Å². The summed E-state index contributed by atoms with van der Waals surface area (Å²) < 4.78 is 1.87. The fourth-order valence-electron chi connectivity index (χ4n) is 4.46. The monoisotopic (exact) mass is 416 g/mol. The zero-order valence-corrected chi connectivity index (χ0v) is 17.3. The van der Waals surface area contributed by atoms with Crippen LogP contribution in [0.1, 0.15) is 32.7 Å². The van der Waals surface area contributed by atoms with E-state index in [1.165, 1.54) is 0 Å². The number of rotatable bonds is 5. The minimum atomic E-state index is -0.230. The predicted molar refractivity (Wildman–Crippen MR) is 116 cm³/mol. The number of aromatic nitrogens is 2. The number of aliphatic hydroxyl groups excluding tert-OH is 1. The zero-order chi connectivity index (χ0) is 21.6. The van der Waals surface area contributed by atoms with Gasteiger partial charge in [0.25, 0.3) is 11.8 Å². The number of nitrogens with zero attached hydrogens (tertiary/aromatic N) is 3. The number of aliphatic hydroxyl groups is 1. The maximum Gasteiger partial charge on any atom is 0.255 e. The lowest BCUT2D eigenvalue weighted by Crippen LogP contribution is -2.32. The summed E-state index contributed by atoms with van der Waals surface area (Å²) in [4.78, 5) is 31.6. The van der Waals surface area contributed by atoms with Gasteiger partial charge < -0.3 is 19.9 Å². The second-order valence-electron chi connectivity index (χ2n) is 8.61. The Morgan fingerprint density at radius 3 is 2.65 bits per heavy atom. The first-order valence-corrected chi connectivity index (χ1v) is 10.4. The van der Waals surface area contributed by atoms with Gasteiger partial charge in [0.1, 0.15) is 0 Å². The summed E-state index contributed by atoms with van der Waals surface area (Å²) in [5.41, 5.74) is 3.42. The summed E-state index contributed by atoms with van der Waals surface area (Å²) in [5.74, 6) is 0.128. The van der Waals surface area contributed by atoms with Crippen LogP contribution in [0.25, 0.3) is 5.69 Å².